The minimum Gasteiger partial charge on any atom is -0.480 e. The quantitative estimate of drug-likeness (QED) is 0.735. The van der Waals surface area contributed by atoms with Gasteiger partial charge in [-0.2, -0.15) is 0 Å². The van der Waals surface area contributed by atoms with E-state index in [0.29, 0.717) is 0 Å². The number of aliphatic carboxylic acids is 1. The van der Waals surface area contributed by atoms with Crippen LogP contribution in [0.3, 0.4) is 0 Å². The molecule has 0 aromatic heterocycles. The number of ether oxygens (including phenoxy) is 1. The summed E-state index contributed by atoms with van der Waals surface area (Å²) in [4.78, 5) is 37.1. The molecule has 2 aliphatic carbocycles. The van der Waals surface area contributed by atoms with E-state index in [4.69, 9.17) is 9.84 Å². The van der Waals surface area contributed by atoms with Gasteiger partial charge in [0.25, 0.3) is 0 Å². The van der Waals surface area contributed by atoms with Crippen LogP contribution in [0.5, 0.6) is 0 Å². The van der Waals surface area contributed by atoms with Crippen molar-refractivity contribution in [2.75, 3.05) is 20.2 Å². The zero-order valence-electron chi connectivity index (χ0n) is 16.7. The summed E-state index contributed by atoms with van der Waals surface area (Å²) in [6.07, 6.45) is 0.980. The molecule has 2 aliphatic rings. The lowest BCUT2D eigenvalue weighted by atomic mass is 9.98. The minimum absolute atomic E-state index is 0.0224. The number of nitrogens with zero attached hydrogens (tertiary/aromatic N) is 1. The highest BCUT2D eigenvalue weighted by atomic mass is 16.5. The number of amides is 2. The Labute approximate surface area is 174 Å². The molecule has 30 heavy (non-hydrogen) atoms. The molecular formula is C23H24N2O5. The van der Waals surface area contributed by atoms with Crippen LogP contribution >= 0.6 is 0 Å². The number of hydrogen-bond acceptors (Lipinski definition) is 4. The van der Waals surface area contributed by atoms with E-state index in [2.05, 4.69) is 17.4 Å². The Morgan fingerprint density at radius 1 is 1.07 bits per heavy atom. The van der Waals surface area contributed by atoms with Gasteiger partial charge in [-0.15, -0.1) is 0 Å². The van der Waals surface area contributed by atoms with Gasteiger partial charge in [-0.3, -0.25) is 9.59 Å². The van der Waals surface area contributed by atoms with Crippen LogP contribution in [0.1, 0.15) is 29.9 Å². The molecule has 7 nitrogen and oxygen atoms in total. The second kappa shape index (κ2) is 8.18. The van der Waals surface area contributed by atoms with Crippen molar-refractivity contribution in [3.63, 3.8) is 0 Å². The molecule has 0 bridgehead atoms. The van der Waals surface area contributed by atoms with Gasteiger partial charge in [0.2, 0.25) is 5.91 Å². The van der Waals surface area contributed by atoms with Crippen molar-refractivity contribution in [3.8, 4) is 11.1 Å². The van der Waals surface area contributed by atoms with Gasteiger partial charge in [0, 0.05) is 13.0 Å². The summed E-state index contributed by atoms with van der Waals surface area (Å²) in [5, 5.41) is 11.6. The van der Waals surface area contributed by atoms with Gasteiger partial charge in [0.05, 0.1) is 0 Å². The third-order valence-electron chi connectivity index (χ3n) is 5.73. The number of nitrogens with one attached hydrogen (secondary N) is 1. The highest BCUT2D eigenvalue weighted by Crippen LogP contribution is 2.44. The number of rotatable bonds is 7. The molecule has 0 saturated heterocycles. The Hall–Kier alpha value is -3.35. The fraction of sp³-hybridized carbons (Fsp3) is 0.348. The normalized spacial score (nSPS) is 15.6. The molecule has 2 aromatic rings. The summed E-state index contributed by atoms with van der Waals surface area (Å²) in [7, 11) is 1.42. The molecule has 1 unspecified atom stereocenters. The maximum Gasteiger partial charge on any atom is 0.407 e. The van der Waals surface area contributed by atoms with Crippen LogP contribution < -0.4 is 5.32 Å². The number of fused-ring (bicyclic) bond motifs is 3. The van der Waals surface area contributed by atoms with E-state index in [0.717, 1.165) is 40.0 Å². The highest BCUT2D eigenvalue weighted by molar-refractivity contribution is 5.88. The predicted molar refractivity (Wildman–Crippen MR) is 110 cm³/mol. The molecule has 4 rings (SSSR count). The van der Waals surface area contributed by atoms with Crippen molar-refractivity contribution in [2.45, 2.75) is 24.8 Å². The molecule has 0 spiro atoms. The Bertz CT molecular complexity index is 940. The minimum atomic E-state index is -1.10. The molecule has 1 atom stereocenters. The number of carbonyl (C=O) groups is 3. The van der Waals surface area contributed by atoms with Gasteiger partial charge in [0.15, 0.2) is 0 Å². The largest absolute Gasteiger partial charge is 0.480 e. The van der Waals surface area contributed by atoms with Gasteiger partial charge in [-0.25, -0.2) is 4.79 Å². The van der Waals surface area contributed by atoms with E-state index >= 15 is 0 Å². The van der Waals surface area contributed by atoms with Crippen LogP contribution in [0.15, 0.2) is 48.5 Å². The standard InChI is InChI=1S/C23H24N2O5/c1-25(12-20(26)27)22(28)21(14-10-11-14)24-23(29)30-13-19-17-8-4-2-6-15(17)16-7-3-5-9-18(16)19/h2-9,14,19,21H,10-13H2,1H3,(H,24,29)(H,26,27). The van der Waals surface area contributed by atoms with Crippen LogP contribution in [0, 0.1) is 5.92 Å². The van der Waals surface area contributed by atoms with Crippen molar-refractivity contribution in [2.24, 2.45) is 5.92 Å². The monoisotopic (exact) mass is 408 g/mol. The molecule has 0 radical (unpaired) electrons. The fourth-order valence-electron chi connectivity index (χ4n) is 4.10. The van der Waals surface area contributed by atoms with E-state index < -0.39 is 30.6 Å². The van der Waals surface area contributed by atoms with Crippen LogP contribution in [0.4, 0.5) is 4.79 Å². The molecule has 1 saturated carbocycles. The molecule has 7 heteroatoms. The van der Waals surface area contributed by atoms with E-state index in [1.54, 1.807) is 0 Å². The number of hydrogen-bond donors (Lipinski definition) is 2. The van der Waals surface area contributed by atoms with Crippen molar-refractivity contribution in [3.05, 3.63) is 59.7 Å². The molecule has 0 heterocycles. The first-order chi connectivity index (χ1) is 14.5. The lowest BCUT2D eigenvalue weighted by Crippen LogP contribution is -2.50. The van der Waals surface area contributed by atoms with Crippen molar-refractivity contribution < 1.29 is 24.2 Å². The van der Waals surface area contributed by atoms with Gasteiger partial charge >= 0.3 is 12.1 Å². The molecular weight excluding hydrogens is 384 g/mol. The van der Waals surface area contributed by atoms with E-state index in [9.17, 15) is 14.4 Å². The lowest BCUT2D eigenvalue weighted by Gasteiger charge is -2.23. The van der Waals surface area contributed by atoms with Crippen molar-refractivity contribution in [1.82, 2.24) is 10.2 Å². The van der Waals surface area contributed by atoms with Crippen LogP contribution in [0.25, 0.3) is 11.1 Å². The first-order valence-corrected chi connectivity index (χ1v) is 10.0. The van der Waals surface area contributed by atoms with Gasteiger partial charge < -0.3 is 20.1 Å². The summed E-state index contributed by atoms with van der Waals surface area (Å²) in [6.45, 7) is -0.245. The fourth-order valence-corrected chi connectivity index (χ4v) is 4.10. The van der Waals surface area contributed by atoms with Crippen LogP contribution in [0.2, 0.25) is 0 Å². The summed E-state index contributed by atoms with van der Waals surface area (Å²) >= 11 is 0. The zero-order valence-corrected chi connectivity index (χ0v) is 16.7. The molecule has 2 N–H and O–H groups in total. The zero-order chi connectivity index (χ0) is 21.3. The first-order valence-electron chi connectivity index (χ1n) is 10.0. The number of benzene rings is 2. The van der Waals surface area contributed by atoms with E-state index in [1.807, 2.05) is 36.4 Å². The topological polar surface area (TPSA) is 95.9 Å². The summed E-state index contributed by atoms with van der Waals surface area (Å²) in [6, 6.07) is 15.4. The molecule has 156 valence electrons. The predicted octanol–water partition coefficient (Wildman–Crippen LogP) is 2.85. The number of likely N-dealkylation sites (N-methyl/N-ethyl adjacent to an activating group) is 1. The Balaban J connectivity index is 1.42. The maximum atomic E-state index is 12.6. The summed E-state index contributed by atoms with van der Waals surface area (Å²) < 4.78 is 5.52. The third kappa shape index (κ3) is 4.01. The average Bonchev–Trinajstić information content (AvgIpc) is 3.52. The maximum absolute atomic E-state index is 12.6. The first kappa shape index (κ1) is 19.9. The smallest absolute Gasteiger partial charge is 0.407 e. The second-order valence-electron chi connectivity index (χ2n) is 7.87. The summed E-state index contributed by atoms with van der Waals surface area (Å²) in [5.74, 6) is -1.54. The third-order valence-corrected chi connectivity index (χ3v) is 5.73. The molecule has 0 aliphatic heterocycles. The molecule has 2 aromatic carbocycles. The Kier molecular flexibility index (Phi) is 5.44. The van der Waals surface area contributed by atoms with Crippen LogP contribution in [-0.2, 0) is 14.3 Å². The van der Waals surface area contributed by atoms with Gasteiger partial charge in [-0.05, 0) is 41.0 Å². The SMILES string of the molecule is CN(CC(=O)O)C(=O)C(NC(=O)OCC1c2ccccc2-c2ccccc21)C1CC1. The van der Waals surface area contributed by atoms with E-state index in [1.165, 1.54) is 7.05 Å². The Morgan fingerprint density at radius 3 is 2.17 bits per heavy atom. The summed E-state index contributed by atoms with van der Waals surface area (Å²) in [5.41, 5.74) is 4.51. The van der Waals surface area contributed by atoms with Crippen molar-refractivity contribution in [1.29, 1.82) is 0 Å². The van der Waals surface area contributed by atoms with Gasteiger partial charge in [0.1, 0.15) is 19.2 Å². The molecule has 2 amide bonds. The number of carbonyl (C=O) groups excluding carboxylic acids is 2. The highest BCUT2D eigenvalue weighted by Gasteiger charge is 2.39. The van der Waals surface area contributed by atoms with E-state index in [-0.39, 0.29) is 18.4 Å². The lowest BCUT2D eigenvalue weighted by molar-refractivity contribution is -0.144. The van der Waals surface area contributed by atoms with Gasteiger partial charge in [-0.1, -0.05) is 48.5 Å². The number of alkyl carbamates (subject to hydrolysis) is 1. The number of carboxylic acids is 1. The average molecular weight is 408 g/mol. The second-order valence-corrected chi connectivity index (χ2v) is 7.87. The molecule has 1 fully saturated rings. The number of carboxylic acid groups (broad SMARTS) is 1. The van der Waals surface area contributed by atoms with Crippen LogP contribution in [-0.4, -0.2) is 54.2 Å². The Morgan fingerprint density at radius 2 is 1.63 bits per heavy atom. The van der Waals surface area contributed by atoms with Crippen molar-refractivity contribution >= 4 is 18.0 Å².